The van der Waals surface area contributed by atoms with Crippen molar-refractivity contribution in [3.63, 3.8) is 0 Å². The summed E-state index contributed by atoms with van der Waals surface area (Å²) in [5.41, 5.74) is 3.77. The third kappa shape index (κ3) is 6.41. The number of carbonyl (C=O) groups is 2. The minimum atomic E-state index is -4.64. The molecule has 3 aromatic carbocycles. The van der Waals surface area contributed by atoms with Gasteiger partial charge in [0, 0.05) is 42.0 Å². The molecule has 0 fully saturated rings. The molecular weight excluding hydrogens is 545 g/mol. The van der Waals surface area contributed by atoms with E-state index < -0.39 is 17.8 Å². The van der Waals surface area contributed by atoms with Crippen molar-refractivity contribution in [1.82, 2.24) is 20.0 Å². The molecule has 0 atom stereocenters. The van der Waals surface area contributed by atoms with Crippen LogP contribution in [0.15, 0.2) is 77.9 Å². The lowest BCUT2D eigenvalue weighted by atomic mass is 9.99. The van der Waals surface area contributed by atoms with Gasteiger partial charge in [-0.25, -0.2) is 4.68 Å². The van der Waals surface area contributed by atoms with Crippen LogP contribution in [0.5, 0.6) is 0 Å². The zero-order valence-corrected chi connectivity index (χ0v) is 22.9. The van der Waals surface area contributed by atoms with Crippen molar-refractivity contribution in [1.29, 1.82) is 0 Å². The number of hydrogen-bond acceptors (Lipinski definition) is 5. The van der Waals surface area contributed by atoms with E-state index >= 15 is 0 Å². The Labute approximate surface area is 240 Å². The van der Waals surface area contributed by atoms with Crippen LogP contribution in [0.4, 0.5) is 18.9 Å². The fourth-order valence-corrected chi connectivity index (χ4v) is 4.96. The molecule has 8 nitrogen and oxygen atoms in total. The molecule has 0 radical (unpaired) electrons. The lowest BCUT2D eigenvalue weighted by molar-refractivity contribution is -0.143. The molecule has 0 aliphatic carbocycles. The normalized spacial score (nSPS) is 13.3. The first-order valence-electron chi connectivity index (χ1n) is 13.3. The van der Waals surface area contributed by atoms with Crippen LogP contribution >= 0.6 is 0 Å². The first-order chi connectivity index (χ1) is 20.1. The van der Waals surface area contributed by atoms with Gasteiger partial charge in [-0.15, -0.1) is 0 Å². The maximum atomic E-state index is 13.7. The maximum Gasteiger partial charge on any atom is 0.433 e. The molecule has 0 bridgehead atoms. The van der Waals surface area contributed by atoms with Crippen molar-refractivity contribution < 1.29 is 22.8 Å². The summed E-state index contributed by atoms with van der Waals surface area (Å²) in [4.78, 5) is 31.5. The van der Waals surface area contributed by atoms with Crippen molar-refractivity contribution in [2.75, 3.05) is 18.9 Å². The highest BCUT2D eigenvalue weighted by atomic mass is 19.4. The largest absolute Gasteiger partial charge is 0.433 e. The highest BCUT2D eigenvalue weighted by Crippen LogP contribution is 2.34. The molecule has 0 unspecified atom stereocenters. The van der Waals surface area contributed by atoms with Crippen LogP contribution in [0.25, 0.3) is 5.69 Å². The molecule has 4 aromatic rings. The molecule has 11 heteroatoms. The molecule has 2 heterocycles. The summed E-state index contributed by atoms with van der Waals surface area (Å²) in [6.07, 6.45) is -2.55. The third-order valence-electron chi connectivity index (χ3n) is 7.08. The smallest absolute Gasteiger partial charge is 0.348 e. The van der Waals surface area contributed by atoms with E-state index in [0.717, 1.165) is 41.6 Å². The Hall–Kier alpha value is -4.77. The van der Waals surface area contributed by atoms with Crippen molar-refractivity contribution in [2.24, 2.45) is 4.99 Å². The number of halogens is 3. The molecule has 216 valence electrons. The highest BCUT2D eigenvalue weighted by Gasteiger charge is 2.38. The van der Waals surface area contributed by atoms with Crippen molar-refractivity contribution >= 4 is 24.2 Å². The van der Waals surface area contributed by atoms with Gasteiger partial charge in [-0.1, -0.05) is 18.2 Å². The van der Waals surface area contributed by atoms with Crippen LogP contribution in [-0.2, 0) is 32.2 Å². The number of benzene rings is 3. The summed E-state index contributed by atoms with van der Waals surface area (Å²) in [7, 11) is 2.07. The molecule has 0 saturated carbocycles. The first kappa shape index (κ1) is 28.7. The lowest BCUT2D eigenvalue weighted by Crippen LogP contribution is -2.26. The Morgan fingerprint density at radius 1 is 1.00 bits per heavy atom. The van der Waals surface area contributed by atoms with Gasteiger partial charge in [-0.2, -0.15) is 18.3 Å². The predicted molar refractivity (Wildman–Crippen MR) is 154 cm³/mol. The summed E-state index contributed by atoms with van der Waals surface area (Å²) in [5.74, 6) is -0.671. The molecule has 2 N–H and O–H groups in total. The molecule has 1 aliphatic rings. The SMILES string of the molecule is C=NCc1cnn(-c2ccc(C(=O)NCc3cccc(C(=O)Nc4ccc5c(c4)CN(C)CC5)c3)cc2)c1C(F)(F)F. The lowest BCUT2D eigenvalue weighted by Gasteiger charge is -2.25. The van der Waals surface area contributed by atoms with Gasteiger partial charge in [-0.3, -0.25) is 14.6 Å². The van der Waals surface area contributed by atoms with Crippen LogP contribution in [-0.4, -0.2) is 46.8 Å². The fourth-order valence-electron chi connectivity index (χ4n) is 4.96. The molecule has 5 rings (SSSR count). The highest BCUT2D eigenvalue weighted by molar-refractivity contribution is 6.04. The summed E-state index contributed by atoms with van der Waals surface area (Å²) in [5, 5.41) is 9.61. The average molecular weight is 575 g/mol. The number of aliphatic imine (C=N–C) groups is 1. The summed E-state index contributed by atoms with van der Waals surface area (Å²) in [6, 6.07) is 18.6. The molecule has 1 aliphatic heterocycles. The van der Waals surface area contributed by atoms with Crippen LogP contribution in [0.1, 0.15) is 48.7 Å². The van der Waals surface area contributed by atoms with Crippen molar-refractivity contribution in [3.8, 4) is 5.69 Å². The second-order valence-electron chi connectivity index (χ2n) is 10.2. The van der Waals surface area contributed by atoms with Crippen LogP contribution in [0, 0.1) is 0 Å². The predicted octanol–water partition coefficient (Wildman–Crippen LogP) is 5.26. The number of likely N-dealkylation sites (N-methyl/N-ethyl adjacent to an activating group) is 1. The number of alkyl halides is 3. The Morgan fingerprint density at radius 3 is 2.52 bits per heavy atom. The van der Waals surface area contributed by atoms with Gasteiger partial charge in [0.2, 0.25) is 0 Å². The van der Waals surface area contributed by atoms with Gasteiger partial charge >= 0.3 is 6.18 Å². The second-order valence-corrected chi connectivity index (χ2v) is 10.2. The summed E-state index contributed by atoms with van der Waals surface area (Å²) in [6.45, 7) is 5.04. The number of anilines is 1. The van der Waals surface area contributed by atoms with Gasteiger partial charge in [0.05, 0.1) is 18.4 Å². The van der Waals surface area contributed by atoms with Gasteiger partial charge in [0.15, 0.2) is 5.69 Å². The minimum Gasteiger partial charge on any atom is -0.348 e. The number of nitrogens with one attached hydrogen (secondary N) is 2. The van der Waals surface area contributed by atoms with E-state index in [9.17, 15) is 22.8 Å². The number of nitrogens with zero attached hydrogens (tertiary/aromatic N) is 4. The van der Waals surface area contributed by atoms with Crippen LogP contribution < -0.4 is 10.6 Å². The number of hydrogen-bond donors (Lipinski definition) is 2. The minimum absolute atomic E-state index is 0.0919. The third-order valence-corrected chi connectivity index (χ3v) is 7.08. The molecule has 1 aromatic heterocycles. The monoisotopic (exact) mass is 574 g/mol. The van der Waals surface area contributed by atoms with Gasteiger partial charge in [0.1, 0.15) is 0 Å². The molecule has 42 heavy (non-hydrogen) atoms. The Kier molecular flexibility index (Phi) is 8.21. The van der Waals surface area contributed by atoms with E-state index in [0.29, 0.717) is 5.56 Å². The zero-order valence-electron chi connectivity index (χ0n) is 22.9. The van der Waals surface area contributed by atoms with Gasteiger partial charge < -0.3 is 15.5 Å². The molecule has 2 amide bonds. The number of carbonyl (C=O) groups excluding carboxylic acids is 2. The van der Waals surface area contributed by atoms with E-state index in [-0.39, 0.29) is 35.8 Å². The fraction of sp³-hybridized carbons (Fsp3) is 0.226. The number of fused-ring (bicyclic) bond motifs is 1. The Bertz CT molecular complexity index is 1630. The average Bonchev–Trinajstić information content (AvgIpc) is 3.40. The zero-order chi connectivity index (χ0) is 29.9. The van der Waals surface area contributed by atoms with Crippen LogP contribution in [0.3, 0.4) is 0 Å². The topological polar surface area (TPSA) is 91.6 Å². The number of amides is 2. The summed E-state index contributed by atoms with van der Waals surface area (Å²) >= 11 is 0. The van der Waals surface area contributed by atoms with E-state index in [2.05, 4.69) is 45.5 Å². The summed E-state index contributed by atoms with van der Waals surface area (Å²) < 4.78 is 41.8. The quantitative estimate of drug-likeness (QED) is 0.281. The second kappa shape index (κ2) is 12.0. The van der Waals surface area contributed by atoms with E-state index in [4.69, 9.17) is 0 Å². The maximum absolute atomic E-state index is 13.7. The van der Waals surface area contributed by atoms with E-state index in [1.165, 1.54) is 35.4 Å². The standard InChI is InChI=1S/C31H29F3N6O2/c1-35-17-25-18-37-40(28(25)31(32,33)34)27-10-7-22(8-11-27)29(41)36-16-20-4-3-5-23(14-20)30(42)38-26-9-6-21-12-13-39(2)19-24(21)15-26/h3-11,14-15,18H,1,12-13,16-17,19H2,2H3,(H,36,41)(H,38,42). The van der Waals surface area contributed by atoms with Gasteiger partial charge in [0.25, 0.3) is 11.8 Å². The number of rotatable bonds is 8. The first-order valence-corrected chi connectivity index (χ1v) is 13.3. The van der Waals surface area contributed by atoms with Crippen molar-refractivity contribution in [2.45, 2.75) is 32.2 Å². The molecule has 0 saturated heterocycles. The molecule has 0 spiro atoms. The molecular formula is C31H29F3N6O2. The Balaban J connectivity index is 1.22. The van der Waals surface area contributed by atoms with E-state index in [1.807, 2.05) is 12.1 Å². The van der Waals surface area contributed by atoms with Crippen molar-refractivity contribution in [3.05, 3.63) is 112 Å². The van der Waals surface area contributed by atoms with E-state index in [1.54, 1.807) is 24.3 Å². The van der Waals surface area contributed by atoms with Crippen LogP contribution in [0.2, 0.25) is 0 Å². The van der Waals surface area contributed by atoms with Gasteiger partial charge in [-0.05, 0) is 85.4 Å². The number of aromatic nitrogens is 2. The Morgan fingerprint density at radius 2 is 1.79 bits per heavy atom.